The van der Waals surface area contributed by atoms with E-state index in [1.807, 2.05) is 44.2 Å². The molecule has 2 rings (SSSR count). The Morgan fingerprint density at radius 2 is 1.73 bits per heavy atom. The molecule has 2 amide bonds. The Bertz CT molecular complexity index is 796. The van der Waals surface area contributed by atoms with Crippen molar-refractivity contribution in [3.63, 3.8) is 0 Å². The van der Waals surface area contributed by atoms with E-state index >= 15 is 0 Å². The van der Waals surface area contributed by atoms with Crippen molar-refractivity contribution in [3.8, 4) is 5.75 Å². The lowest BCUT2D eigenvalue weighted by molar-refractivity contribution is -0.141. The number of benzene rings is 2. The quantitative estimate of drug-likeness (QED) is 0.519. The highest BCUT2D eigenvalue weighted by Gasteiger charge is 2.26. The molecule has 6 heteroatoms. The first-order chi connectivity index (χ1) is 14.4. The van der Waals surface area contributed by atoms with Gasteiger partial charge < -0.3 is 15.0 Å². The van der Waals surface area contributed by atoms with E-state index < -0.39 is 6.04 Å². The van der Waals surface area contributed by atoms with Gasteiger partial charge in [-0.25, -0.2) is 0 Å². The van der Waals surface area contributed by atoms with Crippen molar-refractivity contribution in [1.82, 2.24) is 10.2 Å². The zero-order valence-electron chi connectivity index (χ0n) is 17.9. The first kappa shape index (κ1) is 23.7. The van der Waals surface area contributed by atoms with Gasteiger partial charge in [0.15, 0.2) is 0 Å². The number of carbonyl (C=O) groups excluding carboxylic acids is 2. The molecule has 30 heavy (non-hydrogen) atoms. The van der Waals surface area contributed by atoms with Gasteiger partial charge in [-0.05, 0) is 56.5 Å². The predicted molar refractivity (Wildman–Crippen MR) is 121 cm³/mol. The van der Waals surface area contributed by atoms with Gasteiger partial charge in [0, 0.05) is 24.0 Å². The minimum atomic E-state index is -0.552. The van der Waals surface area contributed by atoms with Crippen molar-refractivity contribution in [2.24, 2.45) is 0 Å². The van der Waals surface area contributed by atoms with E-state index in [0.29, 0.717) is 36.8 Å². The molecule has 0 aliphatic heterocycles. The van der Waals surface area contributed by atoms with E-state index in [0.717, 1.165) is 12.0 Å². The van der Waals surface area contributed by atoms with Gasteiger partial charge in [0.2, 0.25) is 11.8 Å². The molecule has 2 atom stereocenters. The fraction of sp³-hybridized carbons (Fsp3) is 0.417. The number of hydrogen-bond acceptors (Lipinski definition) is 3. The molecule has 0 aliphatic rings. The smallest absolute Gasteiger partial charge is 0.242 e. The van der Waals surface area contributed by atoms with Crippen molar-refractivity contribution in [2.45, 2.75) is 58.7 Å². The van der Waals surface area contributed by atoms with Crippen molar-refractivity contribution < 1.29 is 14.3 Å². The summed E-state index contributed by atoms with van der Waals surface area (Å²) in [5.74, 6) is 0.519. The van der Waals surface area contributed by atoms with E-state index in [1.54, 1.807) is 36.1 Å². The predicted octanol–water partition coefficient (Wildman–Crippen LogP) is 4.83. The number of ether oxygens (including phenoxy) is 1. The van der Waals surface area contributed by atoms with Gasteiger partial charge in [-0.3, -0.25) is 9.59 Å². The summed E-state index contributed by atoms with van der Waals surface area (Å²) >= 11 is 5.87. The second-order valence-corrected chi connectivity index (χ2v) is 7.84. The molecule has 0 saturated heterocycles. The lowest BCUT2D eigenvalue weighted by atomic mass is 10.1. The highest BCUT2D eigenvalue weighted by atomic mass is 35.5. The number of nitrogens with one attached hydrogen (secondary N) is 1. The van der Waals surface area contributed by atoms with Crippen molar-refractivity contribution in [2.75, 3.05) is 6.61 Å². The van der Waals surface area contributed by atoms with E-state index in [9.17, 15) is 9.59 Å². The molecule has 0 fully saturated rings. The van der Waals surface area contributed by atoms with E-state index in [-0.39, 0.29) is 17.9 Å². The van der Waals surface area contributed by atoms with Gasteiger partial charge in [-0.2, -0.15) is 0 Å². The van der Waals surface area contributed by atoms with Crippen LogP contribution in [0.2, 0.25) is 5.02 Å². The van der Waals surface area contributed by atoms with Crippen LogP contribution in [0.3, 0.4) is 0 Å². The lowest BCUT2D eigenvalue weighted by Gasteiger charge is -2.29. The Balaban J connectivity index is 1.96. The first-order valence-electron chi connectivity index (χ1n) is 10.4. The largest absolute Gasteiger partial charge is 0.494 e. The average molecular weight is 431 g/mol. The third kappa shape index (κ3) is 7.71. The summed E-state index contributed by atoms with van der Waals surface area (Å²) in [5, 5.41) is 3.63. The molecule has 0 unspecified atom stereocenters. The Hall–Kier alpha value is -2.53. The van der Waals surface area contributed by atoms with E-state index in [4.69, 9.17) is 16.3 Å². The fourth-order valence-electron chi connectivity index (χ4n) is 2.92. The van der Waals surface area contributed by atoms with Gasteiger partial charge in [-0.15, -0.1) is 0 Å². The van der Waals surface area contributed by atoms with Crippen molar-refractivity contribution in [1.29, 1.82) is 0 Å². The molecule has 5 nitrogen and oxygen atoms in total. The molecule has 162 valence electrons. The van der Waals surface area contributed by atoms with Crippen molar-refractivity contribution >= 4 is 23.4 Å². The van der Waals surface area contributed by atoms with Crippen LogP contribution in [0.4, 0.5) is 0 Å². The van der Waals surface area contributed by atoms with Crippen LogP contribution in [-0.2, 0) is 16.1 Å². The number of hydrogen-bond donors (Lipinski definition) is 1. The van der Waals surface area contributed by atoms with Crippen LogP contribution >= 0.6 is 11.6 Å². The Labute approximate surface area is 184 Å². The molecule has 0 aromatic heterocycles. The Morgan fingerprint density at radius 3 is 2.37 bits per heavy atom. The molecule has 2 aromatic rings. The van der Waals surface area contributed by atoms with Gasteiger partial charge in [0.1, 0.15) is 11.8 Å². The van der Waals surface area contributed by atoms with Crippen molar-refractivity contribution in [3.05, 3.63) is 65.2 Å². The lowest BCUT2D eigenvalue weighted by Crippen LogP contribution is -2.49. The number of carbonyl (C=O) groups is 2. The monoisotopic (exact) mass is 430 g/mol. The second-order valence-electron chi connectivity index (χ2n) is 7.41. The minimum Gasteiger partial charge on any atom is -0.494 e. The van der Waals surface area contributed by atoms with E-state index in [2.05, 4.69) is 5.32 Å². The molecular weight excluding hydrogens is 400 g/mol. The summed E-state index contributed by atoms with van der Waals surface area (Å²) in [6, 6.07) is 16.4. The van der Waals surface area contributed by atoms with Crippen LogP contribution in [0.25, 0.3) is 0 Å². The van der Waals surface area contributed by atoms with Gasteiger partial charge in [0.05, 0.1) is 6.61 Å². The molecule has 0 bridgehead atoms. The Morgan fingerprint density at radius 1 is 1.07 bits per heavy atom. The topological polar surface area (TPSA) is 58.6 Å². The van der Waals surface area contributed by atoms with Gasteiger partial charge in [0.25, 0.3) is 0 Å². The zero-order chi connectivity index (χ0) is 21.9. The zero-order valence-corrected chi connectivity index (χ0v) is 18.7. The molecule has 0 saturated carbocycles. The highest BCUT2D eigenvalue weighted by molar-refractivity contribution is 6.30. The maximum atomic E-state index is 13.0. The number of rotatable bonds is 11. The molecule has 0 heterocycles. The number of nitrogens with zero attached hydrogens (tertiary/aromatic N) is 1. The third-order valence-corrected chi connectivity index (χ3v) is 5.23. The van der Waals surface area contributed by atoms with Crippen LogP contribution < -0.4 is 10.1 Å². The summed E-state index contributed by atoms with van der Waals surface area (Å²) in [7, 11) is 0. The van der Waals surface area contributed by atoms with Crippen LogP contribution in [0, 0.1) is 0 Å². The third-order valence-electron chi connectivity index (χ3n) is 4.98. The van der Waals surface area contributed by atoms with Crippen LogP contribution in [-0.4, -0.2) is 35.4 Å². The summed E-state index contributed by atoms with van der Waals surface area (Å²) < 4.78 is 5.68. The fourth-order valence-corrected chi connectivity index (χ4v) is 3.04. The van der Waals surface area contributed by atoms with Crippen LogP contribution in [0.5, 0.6) is 5.75 Å². The maximum absolute atomic E-state index is 13.0. The average Bonchev–Trinajstić information content (AvgIpc) is 2.76. The molecular formula is C24H31ClN2O3. The standard InChI is InChI=1S/C24H31ClN2O3/c1-4-18(2)26-24(29)19(3)27(17-20-9-6-5-7-10-20)23(28)11-8-16-30-22-14-12-21(25)13-15-22/h5-7,9-10,12-15,18-19H,4,8,11,16-17H2,1-3H3,(H,26,29)/t18-,19-/m1/s1. The number of halogens is 1. The second kappa shape index (κ2) is 12.2. The molecule has 2 aromatic carbocycles. The molecule has 0 aliphatic carbocycles. The first-order valence-corrected chi connectivity index (χ1v) is 10.8. The summed E-state index contributed by atoms with van der Waals surface area (Å²) in [5.41, 5.74) is 0.992. The normalized spacial score (nSPS) is 12.7. The van der Waals surface area contributed by atoms with Gasteiger partial charge >= 0.3 is 0 Å². The summed E-state index contributed by atoms with van der Waals surface area (Å²) in [4.78, 5) is 27.3. The Kier molecular flexibility index (Phi) is 9.68. The minimum absolute atomic E-state index is 0.0645. The molecule has 1 N–H and O–H groups in total. The van der Waals surface area contributed by atoms with Gasteiger partial charge in [-0.1, -0.05) is 48.9 Å². The van der Waals surface area contributed by atoms with E-state index in [1.165, 1.54) is 0 Å². The van der Waals surface area contributed by atoms with Crippen LogP contribution in [0.1, 0.15) is 45.6 Å². The summed E-state index contributed by atoms with van der Waals surface area (Å²) in [6.45, 7) is 6.57. The maximum Gasteiger partial charge on any atom is 0.242 e. The van der Waals surface area contributed by atoms with Crippen LogP contribution in [0.15, 0.2) is 54.6 Å². The summed E-state index contributed by atoms with van der Waals surface area (Å²) in [6.07, 6.45) is 1.71. The SMILES string of the molecule is CC[C@@H](C)NC(=O)[C@@H](C)N(Cc1ccccc1)C(=O)CCCOc1ccc(Cl)cc1. The molecule has 0 radical (unpaired) electrons. The highest BCUT2D eigenvalue weighted by Crippen LogP contribution is 2.16. The number of amides is 2. The molecule has 0 spiro atoms.